The lowest BCUT2D eigenvalue weighted by Gasteiger charge is -2.28. The van der Waals surface area contributed by atoms with Gasteiger partial charge in [-0.25, -0.2) is 9.59 Å². The van der Waals surface area contributed by atoms with Gasteiger partial charge in [0.1, 0.15) is 25.4 Å². The van der Waals surface area contributed by atoms with Crippen LogP contribution in [0.3, 0.4) is 0 Å². The summed E-state index contributed by atoms with van der Waals surface area (Å²) in [6.45, 7) is 8.01. The van der Waals surface area contributed by atoms with Crippen LogP contribution in [0, 0.1) is 10.1 Å². The second-order valence-corrected chi connectivity index (χ2v) is 12.6. The minimum absolute atomic E-state index is 0.0272. The molecule has 0 heterocycles. The van der Waals surface area contributed by atoms with Gasteiger partial charge >= 0.3 is 18.2 Å². The fourth-order valence-electron chi connectivity index (χ4n) is 5.53. The molecule has 0 atom stereocenters. The van der Waals surface area contributed by atoms with Gasteiger partial charge in [0.2, 0.25) is 5.91 Å². The number of benzene rings is 3. The molecule has 1 N–H and O–H groups in total. The van der Waals surface area contributed by atoms with Gasteiger partial charge in [-0.1, -0.05) is 73.3 Å². The number of nitro benzene ring substituents is 1. The van der Waals surface area contributed by atoms with Gasteiger partial charge in [-0.3, -0.25) is 19.7 Å². The number of nitrogens with one attached hydrogen (secondary N) is 1. The van der Waals surface area contributed by atoms with Gasteiger partial charge in [0.25, 0.3) is 5.69 Å². The van der Waals surface area contributed by atoms with E-state index in [9.17, 15) is 29.3 Å². The predicted molar refractivity (Wildman–Crippen MR) is 185 cm³/mol. The summed E-state index contributed by atoms with van der Waals surface area (Å²) in [4.78, 5) is 65.0. The SMILES string of the molecule is C=CCOC(=O)CN(CCNC(=O)OCC1c2ccccc2-c2ccccc21)C(=O)CCN(Cc1cccc([N+](=O)[O-])c1)C(=O)OC(C)(C)C. The molecule has 1 aliphatic rings. The Morgan fingerprint density at radius 3 is 2.20 bits per heavy atom. The van der Waals surface area contributed by atoms with Crippen LogP contribution in [0.25, 0.3) is 11.1 Å². The molecular formula is C37H42N4O9. The van der Waals surface area contributed by atoms with Crippen molar-refractivity contribution in [2.75, 3.05) is 39.4 Å². The number of ether oxygens (including phenoxy) is 3. The number of hydrogen-bond acceptors (Lipinski definition) is 9. The summed E-state index contributed by atoms with van der Waals surface area (Å²) < 4.78 is 16.2. The Bertz CT molecular complexity index is 1670. The summed E-state index contributed by atoms with van der Waals surface area (Å²) in [5, 5.41) is 13.9. The van der Waals surface area contributed by atoms with Crippen LogP contribution in [0.4, 0.5) is 15.3 Å². The first-order chi connectivity index (χ1) is 23.9. The normalized spacial score (nSPS) is 11.8. The van der Waals surface area contributed by atoms with Crippen molar-refractivity contribution < 1.29 is 38.3 Å². The summed E-state index contributed by atoms with van der Waals surface area (Å²) in [6, 6.07) is 21.8. The summed E-state index contributed by atoms with van der Waals surface area (Å²) in [7, 11) is 0. The van der Waals surface area contributed by atoms with Gasteiger partial charge in [-0.05, 0) is 48.6 Å². The smallest absolute Gasteiger partial charge is 0.410 e. The van der Waals surface area contributed by atoms with Crippen molar-refractivity contribution >= 4 is 29.8 Å². The number of carbonyl (C=O) groups is 4. The van der Waals surface area contributed by atoms with Crippen LogP contribution < -0.4 is 5.32 Å². The van der Waals surface area contributed by atoms with Gasteiger partial charge in [-0.2, -0.15) is 0 Å². The summed E-state index contributed by atoms with van der Waals surface area (Å²) in [6.07, 6.45) is -0.212. The number of nitrogens with zero attached hydrogens (tertiary/aromatic N) is 3. The largest absolute Gasteiger partial charge is 0.460 e. The van der Waals surface area contributed by atoms with Gasteiger partial charge in [0.05, 0.1) is 4.92 Å². The third kappa shape index (κ3) is 10.4. The van der Waals surface area contributed by atoms with Crippen LogP contribution >= 0.6 is 0 Å². The second kappa shape index (κ2) is 17.1. The second-order valence-electron chi connectivity index (χ2n) is 12.6. The first kappa shape index (κ1) is 37.1. The Balaban J connectivity index is 1.38. The highest BCUT2D eigenvalue weighted by Crippen LogP contribution is 2.44. The zero-order valence-corrected chi connectivity index (χ0v) is 28.5. The van der Waals surface area contributed by atoms with Crippen molar-refractivity contribution in [3.05, 3.63) is 112 Å². The Morgan fingerprint density at radius 1 is 0.920 bits per heavy atom. The van der Waals surface area contributed by atoms with E-state index in [1.165, 1.54) is 34.1 Å². The monoisotopic (exact) mass is 686 g/mol. The van der Waals surface area contributed by atoms with Gasteiger partial charge in [0, 0.05) is 50.7 Å². The number of amides is 3. The highest BCUT2D eigenvalue weighted by molar-refractivity contribution is 5.83. The van der Waals surface area contributed by atoms with Gasteiger partial charge < -0.3 is 29.3 Å². The van der Waals surface area contributed by atoms with E-state index in [0.717, 1.165) is 22.3 Å². The Labute approximate surface area is 290 Å². The summed E-state index contributed by atoms with van der Waals surface area (Å²) in [5.74, 6) is -1.30. The minimum Gasteiger partial charge on any atom is -0.460 e. The average Bonchev–Trinajstić information content (AvgIpc) is 3.40. The number of non-ortho nitro benzene ring substituents is 1. The lowest BCUT2D eigenvalue weighted by molar-refractivity contribution is -0.384. The fraction of sp³-hybridized carbons (Fsp3) is 0.351. The maximum Gasteiger partial charge on any atom is 0.410 e. The molecule has 50 heavy (non-hydrogen) atoms. The molecule has 4 rings (SSSR count). The average molecular weight is 687 g/mol. The molecule has 13 heteroatoms. The molecule has 0 saturated heterocycles. The van der Waals surface area contributed by atoms with Crippen LogP contribution in [-0.4, -0.2) is 83.8 Å². The zero-order chi connectivity index (χ0) is 36.3. The van der Waals surface area contributed by atoms with E-state index in [-0.39, 0.29) is 57.4 Å². The highest BCUT2D eigenvalue weighted by atomic mass is 16.6. The molecule has 0 spiro atoms. The molecule has 1 aliphatic carbocycles. The molecule has 0 bridgehead atoms. The number of esters is 1. The maximum atomic E-state index is 13.5. The van der Waals surface area contributed by atoms with Crippen molar-refractivity contribution in [1.29, 1.82) is 0 Å². The van der Waals surface area contributed by atoms with E-state index in [1.54, 1.807) is 26.8 Å². The molecule has 0 radical (unpaired) electrons. The molecule has 264 valence electrons. The van der Waals surface area contributed by atoms with Crippen molar-refractivity contribution in [2.45, 2.75) is 45.3 Å². The number of carbonyl (C=O) groups excluding carboxylic acids is 4. The molecule has 3 amide bonds. The number of nitro groups is 1. The minimum atomic E-state index is -0.839. The van der Waals surface area contributed by atoms with Crippen molar-refractivity contribution in [3.8, 4) is 11.1 Å². The summed E-state index contributed by atoms with van der Waals surface area (Å²) >= 11 is 0. The maximum absolute atomic E-state index is 13.5. The van der Waals surface area contributed by atoms with Crippen LogP contribution in [0.2, 0.25) is 0 Å². The van der Waals surface area contributed by atoms with E-state index in [4.69, 9.17) is 14.2 Å². The molecule has 3 aromatic carbocycles. The van der Waals surface area contributed by atoms with Gasteiger partial charge in [0.15, 0.2) is 0 Å². The van der Waals surface area contributed by atoms with E-state index in [1.807, 2.05) is 48.5 Å². The molecule has 0 aliphatic heterocycles. The molecule has 3 aromatic rings. The number of alkyl carbamates (subject to hydrolysis) is 1. The predicted octanol–water partition coefficient (Wildman–Crippen LogP) is 5.82. The van der Waals surface area contributed by atoms with Crippen LogP contribution in [0.5, 0.6) is 0 Å². The number of rotatable bonds is 15. The topological polar surface area (TPSA) is 158 Å². The highest BCUT2D eigenvalue weighted by Gasteiger charge is 2.29. The Hall–Kier alpha value is -5.72. The molecule has 0 fully saturated rings. The van der Waals surface area contributed by atoms with E-state index in [0.29, 0.717) is 5.56 Å². The zero-order valence-electron chi connectivity index (χ0n) is 28.5. The van der Waals surface area contributed by atoms with Crippen LogP contribution in [-0.2, 0) is 30.3 Å². The van der Waals surface area contributed by atoms with Gasteiger partial charge in [-0.15, -0.1) is 0 Å². The van der Waals surface area contributed by atoms with Crippen LogP contribution in [0.15, 0.2) is 85.5 Å². The third-order valence-corrected chi connectivity index (χ3v) is 7.77. The summed E-state index contributed by atoms with van der Waals surface area (Å²) in [5.41, 5.74) is 3.83. The fourth-order valence-corrected chi connectivity index (χ4v) is 5.53. The lowest BCUT2D eigenvalue weighted by atomic mass is 9.98. The number of fused-ring (bicyclic) bond motifs is 3. The Morgan fingerprint density at radius 2 is 1.58 bits per heavy atom. The van der Waals surface area contributed by atoms with Crippen molar-refractivity contribution in [3.63, 3.8) is 0 Å². The Kier molecular flexibility index (Phi) is 12.7. The van der Waals surface area contributed by atoms with E-state index < -0.39 is 41.1 Å². The van der Waals surface area contributed by atoms with Crippen LogP contribution in [0.1, 0.15) is 49.8 Å². The molecule has 0 unspecified atom stereocenters. The standard InChI is InChI=1S/C37H42N4O9/c1-5-21-48-34(43)24-39(20-18-38-35(44)49-25-32-30-15-8-6-13-28(30)29-14-7-9-16-31(29)32)33(42)17-19-40(36(45)50-37(2,3)4)23-26-11-10-12-27(22-26)41(46)47/h5-16,22,32H,1,17-21,23-25H2,2-4H3,(H,38,44). The number of hydrogen-bond donors (Lipinski definition) is 1. The lowest BCUT2D eigenvalue weighted by Crippen LogP contribution is -2.44. The molecule has 0 aromatic heterocycles. The third-order valence-electron chi connectivity index (χ3n) is 7.77. The molecule has 0 saturated carbocycles. The molecule has 13 nitrogen and oxygen atoms in total. The first-order valence-corrected chi connectivity index (χ1v) is 16.2. The van der Waals surface area contributed by atoms with Crippen molar-refractivity contribution in [2.24, 2.45) is 0 Å². The van der Waals surface area contributed by atoms with E-state index >= 15 is 0 Å². The van der Waals surface area contributed by atoms with Crippen molar-refractivity contribution in [1.82, 2.24) is 15.1 Å². The molecular weight excluding hydrogens is 644 g/mol. The quantitative estimate of drug-likeness (QED) is 0.0684. The first-order valence-electron chi connectivity index (χ1n) is 16.2. The van der Waals surface area contributed by atoms with E-state index in [2.05, 4.69) is 11.9 Å².